The molecule has 1 aromatic heterocycles. The maximum atomic E-state index is 11.8. The van der Waals surface area contributed by atoms with E-state index in [1.54, 1.807) is 24.3 Å². The summed E-state index contributed by atoms with van der Waals surface area (Å²) >= 11 is 0. The Morgan fingerprint density at radius 3 is 2.50 bits per heavy atom. The number of amides is 1. The summed E-state index contributed by atoms with van der Waals surface area (Å²) in [4.78, 5) is 33.2. The number of para-hydroxylation sites is 1. The normalized spacial score (nSPS) is 12.0. The first-order chi connectivity index (χ1) is 9.47. The predicted molar refractivity (Wildman–Crippen MR) is 67.4 cm³/mol. The molecule has 20 heavy (non-hydrogen) atoms. The SMILES string of the molecule is O=C(O)C[C@H](NC(=O)c1cc2ccccc2o1)C(=O)O. The van der Waals surface area contributed by atoms with Crippen molar-refractivity contribution in [1.29, 1.82) is 0 Å². The molecule has 0 aliphatic rings. The van der Waals surface area contributed by atoms with E-state index in [1.807, 2.05) is 0 Å². The zero-order valence-electron chi connectivity index (χ0n) is 10.2. The highest BCUT2D eigenvalue weighted by Gasteiger charge is 2.24. The van der Waals surface area contributed by atoms with Crippen LogP contribution in [0.4, 0.5) is 0 Å². The number of aliphatic carboxylic acids is 2. The fourth-order valence-corrected chi connectivity index (χ4v) is 1.70. The Morgan fingerprint density at radius 2 is 1.90 bits per heavy atom. The third-order valence-corrected chi connectivity index (χ3v) is 2.63. The summed E-state index contributed by atoms with van der Waals surface area (Å²) in [6.45, 7) is 0. The number of hydrogen-bond acceptors (Lipinski definition) is 4. The van der Waals surface area contributed by atoms with Crippen molar-refractivity contribution in [3.63, 3.8) is 0 Å². The number of carbonyl (C=O) groups excluding carboxylic acids is 1. The Hall–Kier alpha value is -2.83. The summed E-state index contributed by atoms with van der Waals surface area (Å²) in [7, 11) is 0. The molecule has 0 radical (unpaired) electrons. The van der Waals surface area contributed by atoms with Crippen molar-refractivity contribution in [2.24, 2.45) is 0 Å². The Balaban J connectivity index is 2.17. The molecular weight excluding hydrogens is 266 g/mol. The standard InChI is InChI=1S/C13H11NO6/c15-11(16)6-8(13(18)19)14-12(17)10-5-7-3-1-2-4-9(7)20-10/h1-5,8H,6H2,(H,14,17)(H,15,16)(H,18,19)/t8-/m0/s1. The smallest absolute Gasteiger partial charge is 0.326 e. The second-order valence-corrected chi connectivity index (χ2v) is 4.11. The second-order valence-electron chi connectivity index (χ2n) is 4.11. The van der Waals surface area contributed by atoms with Crippen LogP contribution in [0.25, 0.3) is 11.0 Å². The fraction of sp³-hybridized carbons (Fsp3) is 0.154. The molecule has 0 aliphatic heterocycles. The summed E-state index contributed by atoms with van der Waals surface area (Å²) < 4.78 is 5.26. The highest BCUT2D eigenvalue weighted by Crippen LogP contribution is 2.18. The summed E-state index contributed by atoms with van der Waals surface area (Å²) in [5.74, 6) is -3.57. The molecule has 1 amide bonds. The first-order valence-electron chi connectivity index (χ1n) is 5.71. The molecule has 0 saturated carbocycles. The van der Waals surface area contributed by atoms with E-state index < -0.39 is 30.3 Å². The number of rotatable bonds is 5. The van der Waals surface area contributed by atoms with Crippen LogP contribution in [0.15, 0.2) is 34.7 Å². The molecule has 0 unspecified atom stereocenters. The minimum Gasteiger partial charge on any atom is -0.481 e. The van der Waals surface area contributed by atoms with E-state index >= 15 is 0 Å². The first kappa shape index (κ1) is 13.6. The lowest BCUT2D eigenvalue weighted by atomic mass is 10.2. The van der Waals surface area contributed by atoms with Gasteiger partial charge in [0.1, 0.15) is 11.6 Å². The number of fused-ring (bicyclic) bond motifs is 1. The molecule has 0 spiro atoms. The van der Waals surface area contributed by atoms with Crippen molar-refractivity contribution in [3.05, 3.63) is 36.1 Å². The zero-order chi connectivity index (χ0) is 14.7. The van der Waals surface area contributed by atoms with Crippen LogP contribution in [0.2, 0.25) is 0 Å². The van der Waals surface area contributed by atoms with Gasteiger partial charge in [0.25, 0.3) is 5.91 Å². The van der Waals surface area contributed by atoms with E-state index in [2.05, 4.69) is 5.32 Å². The van der Waals surface area contributed by atoms with Gasteiger partial charge in [0.2, 0.25) is 0 Å². The molecule has 104 valence electrons. The van der Waals surface area contributed by atoms with Crippen molar-refractivity contribution >= 4 is 28.8 Å². The number of hydrogen-bond donors (Lipinski definition) is 3. The molecule has 2 aromatic rings. The molecule has 1 atom stereocenters. The van der Waals surface area contributed by atoms with Crippen LogP contribution in [0, 0.1) is 0 Å². The van der Waals surface area contributed by atoms with Gasteiger partial charge >= 0.3 is 11.9 Å². The van der Waals surface area contributed by atoms with Crippen LogP contribution in [0.1, 0.15) is 17.0 Å². The summed E-state index contributed by atoms with van der Waals surface area (Å²) in [6, 6.07) is 6.86. The second kappa shape index (κ2) is 5.43. The molecule has 0 saturated heterocycles. The third-order valence-electron chi connectivity index (χ3n) is 2.63. The van der Waals surface area contributed by atoms with E-state index in [9.17, 15) is 14.4 Å². The van der Waals surface area contributed by atoms with Gasteiger partial charge < -0.3 is 19.9 Å². The molecule has 2 rings (SSSR count). The van der Waals surface area contributed by atoms with E-state index in [1.165, 1.54) is 6.07 Å². The van der Waals surface area contributed by atoms with Gasteiger partial charge in [0.05, 0.1) is 6.42 Å². The first-order valence-corrected chi connectivity index (χ1v) is 5.71. The number of furan rings is 1. The summed E-state index contributed by atoms with van der Waals surface area (Å²) in [6.07, 6.45) is -0.707. The van der Waals surface area contributed by atoms with Crippen molar-refractivity contribution in [2.45, 2.75) is 12.5 Å². The van der Waals surface area contributed by atoms with Crippen LogP contribution in [0.5, 0.6) is 0 Å². The Kier molecular flexibility index (Phi) is 3.69. The maximum absolute atomic E-state index is 11.8. The van der Waals surface area contributed by atoms with Crippen LogP contribution >= 0.6 is 0 Å². The van der Waals surface area contributed by atoms with Crippen molar-refractivity contribution in [1.82, 2.24) is 5.32 Å². The predicted octanol–water partition coefficient (Wildman–Crippen LogP) is 1.09. The molecule has 7 heteroatoms. The minimum absolute atomic E-state index is 0.0668. The monoisotopic (exact) mass is 277 g/mol. The molecule has 3 N–H and O–H groups in total. The molecule has 7 nitrogen and oxygen atoms in total. The summed E-state index contributed by atoms with van der Waals surface area (Å²) in [5.41, 5.74) is 0.489. The topological polar surface area (TPSA) is 117 Å². The highest BCUT2D eigenvalue weighted by atomic mass is 16.4. The Labute approximate surface area is 112 Å². The van der Waals surface area contributed by atoms with E-state index in [0.29, 0.717) is 11.0 Å². The van der Waals surface area contributed by atoms with Gasteiger partial charge in [0.15, 0.2) is 5.76 Å². The molecule has 1 aromatic carbocycles. The molecule has 1 heterocycles. The van der Waals surface area contributed by atoms with Gasteiger partial charge in [-0.05, 0) is 12.1 Å². The lowest BCUT2D eigenvalue weighted by molar-refractivity contribution is -0.145. The Bertz CT molecular complexity index is 641. The minimum atomic E-state index is -1.51. The maximum Gasteiger partial charge on any atom is 0.326 e. The van der Waals surface area contributed by atoms with Crippen molar-refractivity contribution < 1.29 is 29.0 Å². The third kappa shape index (κ3) is 2.94. The van der Waals surface area contributed by atoms with Crippen LogP contribution in [-0.4, -0.2) is 34.1 Å². The quantitative estimate of drug-likeness (QED) is 0.753. The number of carboxylic acids is 2. The van der Waals surface area contributed by atoms with E-state index in [4.69, 9.17) is 14.6 Å². The van der Waals surface area contributed by atoms with Gasteiger partial charge in [-0.1, -0.05) is 18.2 Å². The average molecular weight is 277 g/mol. The van der Waals surface area contributed by atoms with Gasteiger partial charge in [-0.2, -0.15) is 0 Å². The average Bonchev–Trinajstić information content (AvgIpc) is 2.81. The number of carboxylic acid groups (broad SMARTS) is 2. The van der Waals surface area contributed by atoms with Gasteiger partial charge in [-0.15, -0.1) is 0 Å². The van der Waals surface area contributed by atoms with E-state index in [0.717, 1.165) is 0 Å². The molecule has 0 aliphatic carbocycles. The molecular formula is C13H11NO6. The lowest BCUT2D eigenvalue weighted by Gasteiger charge is -2.10. The van der Waals surface area contributed by atoms with Gasteiger partial charge in [-0.3, -0.25) is 9.59 Å². The lowest BCUT2D eigenvalue weighted by Crippen LogP contribution is -2.42. The van der Waals surface area contributed by atoms with Crippen molar-refractivity contribution in [2.75, 3.05) is 0 Å². The highest BCUT2D eigenvalue weighted by molar-refractivity contribution is 5.98. The fourth-order valence-electron chi connectivity index (χ4n) is 1.70. The van der Waals surface area contributed by atoms with Crippen molar-refractivity contribution in [3.8, 4) is 0 Å². The molecule has 0 fully saturated rings. The van der Waals surface area contributed by atoms with Gasteiger partial charge in [0, 0.05) is 5.39 Å². The number of nitrogens with one attached hydrogen (secondary N) is 1. The van der Waals surface area contributed by atoms with Crippen LogP contribution < -0.4 is 5.32 Å². The Morgan fingerprint density at radius 1 is 1.20 bits per heavy atom. The number of benzene rings is 1. The van der Waals surface area contributed by atoms with Crippen LogP contribution in [-0.2, 0) is 9.59 Å². The van der Waals surface area contributed by atoms with E-state index in [-0.39, 0.29) is 5.76 Å². The molecule has 0 bridgehead atoms. The van der Waals surface area contributed by atoms with Crippen LogP contribution in [0.3, 0.4) is 0 Å². The number of carbonyl (C=O) groups is 3. The summed E-state index contributed by atoms with van der Waals surface area (Å²) in [5, 5.41) is 20.3. The largest absolute Gasteiger partial charge is 0.481 e. The van der Waals surface area contributed by atoms with Gasteiger partial charge in [-0.25, -0.2) is 4.79 Å². The zero-order valence-corrected chi connectivity index (χ0v) is 10.2.